The maximum atomic E-state index is 5.58. The molecule has 0 bridgehead atoms. The summed E-state index contributed by atoms with van der Waals surface area (Å²) in [6.45, 7) is 0. The molecule has 0 saturated heterocycles. The minimum absolute atomic E-state index is 0.0594. The quantitative estimate of drug-likeness (QED) is 0.722. The van der Waals surface area contributed by atoms with E-state index < -0.39 is 0 Å². The van der Waals surface area contributed by atoms with E-state index in [9.17, 15) is 0 Å². The molecule has 0 N–H and O–H groups in total. The van der Waals surface area contributed by atoms with Crippen LogP contribution in [0.3, 0.4) is 0 Å². The van der Waals surface area contributed by atoms with Crippen LogP contribution in [0, 0.1) is 0 Å². The lowest BCUT2D eigenvalue weighted by Crippen LogP contribution is -2.41. The molecular weight excluding hydrogens is 204 g/mol. The molecule has 2 rings (SSSR count). The van der Waals surface area contributed by atoms with E-state index in [-0.39, 0.29) is 5.60 Å². The van der Waals surface area contributed by atoms with Gasteiger partial charge in [-0.3, -0.25) is 0 Å². The van der Waals surface area contributed by atoms with Crippen molar-refractivity contribution in [3.05, 3.63) is 11.7 Å². The average molecular weight is 217 g/mol. The second-order valence-electron chi connectivity index (χ2n) is 3.66. The van der Waals surface area contributed by atoms with Crippen molar-refractivity contribution >= 4 is 11.6 Å². The third kappa shape index (κ3) is 1.77. The van der Waals surface area contributed by atoms with Crippen LogP contribution in [0.25, 0.3) is 0 Å². The standard InChI is InChI=1S/C9H13ClN2O2/c1-13-9(3-2-4-9)5-8-11-7(6-10)12-14-8/h2-6H2,1H3. The van der Waals surface area contributed by atoms with Gasteiger partial charge in [0.25, 0.3) is 0 Å². The number of hydrogen-bond acceptors (Lipinski definition) is 4. The van der Waals surface area contributed by atoms with Gasteiger partial charge in [0, 0.05) is 7.11 Å². The second-order valence-corrected chi connectivity index (χ2v) is 3.92. The molecule has 1 aliphatic carbocycles. The summed E-state index contributed by atoms with van der Waals surface area (Å²) in [6, 6.07) is 0. The van der Waals surface area contributed by atoms with Gasteiger partial charge < -0.3 is 9.26 Å². The second kappa shape index (κ2) is 3.87. The monoisotopic (exact) mass is 216 g/mol. The maximum Gasteiger partial charge on any atom is 0.229 e. The summed E-state index contributed by atoms with van der Waals surface area (Å²) in [6.07, 6.45) is 4.06. The average Bonchev–Trinajstić information content (AvgIpc) is 2.59. The van der Waals surface area contributed by atoms with E-state index in [0.29, 0.717) is 24.0 Å². The molecule has 0 aliphatic heterocycles. The van der Waals surface area contributed by atoms with Crippen molar-refractivity contribution in [1.82, 2.24) is 10.1 Å². The molecule has 1 fully saturated rings. The number of methoxy groups -OCH3 is 1. The van der Waals surface area contributed by atoms with Gasteiger partial charge in [-0.05, 0) is 19.3 Å². The van der Waals surface area contributed by atoms with Gasteiger partial charge in [-0.15, -0.1) is 11.6 Å². The normalized spacial score (nSPS) is 19.3. The van der Waals surface area contributed by atoms with Crippen LogP contribution in [0.5, 0.6) is 0 Å². The Balaban J connectivity index is 2.02. The fraction of sp³-hybridized carbons (Fsp3) is 0.778. The molecule has 78 valence electrons. The van der Waals surface area contributed by atoms with Crippen molar-refractivity contribution in [1.29, 1.82) is 0 Å². The first-order chi connectivity index (χ1) is 6.78. The molecule has 0 aromatic carbocycles. The van der Waals surface area contributed by atoms with E-state index in [1.54, 1.807) is 7.11 Å². The summed E-state index contributed by atoms with van der Waals surface area (Å²) in [4.78, 5) is 4.15. The molecule has 4 nitrogen and oxygen atoms in total. The Hall–Kier alpha value is -0.610. The van der Waals surface area contributed by atoms with E-state index >= 15 is 0 Å². The molecule has 0 spiro atoms. The lowest BCUT2D eigenvalue weighted by Gasteiger charge is -2.39. The number of ether oxygens (including phenoxy) is 1. The van der Waals surface area contributed by atoms with E-state index in [1.165, 1.54) is 6.42 Å². The Bertz CT molecular complexity index is 304. The van der Waals surface area contributed by atoms with Crippen molar-refractivity contribution in [3.63, 3.8) is 0 Å². The molecule has 0 amide bonds. The van der Waals surface area contributed by atoms with E-state index in [4.69, 9.17) is 20.9 Å². The van der Waals surface area contributed by atoms with Crippen LogP contribution in [0.2, 0.25) is 0 Å². The highest BCUT2D eigenvalue weighted by Crippen LogP contribution is 2.37. The van der Waals surface area contributed by atoms with Gasteiger partial charge in [-0.1, -0.05) is 5.16 Å². The highest BCUT2D eigenvalue weighted by Gasteiger charge is 2.38. The van der Waals surface area contributed by atoms with Gasteiger partial charge >= 0.3 is 0 Å². The van der Waals surface area contributed by atoms with E-state index in [2.05, 4.69) is 10.1 Å². The largest absolute Gasteiger partial charge is 0.378 e. The lowest BCUT2D eigenvalue weighted by atomic mass is 9.77. The van der Waals surface area contributed by atoms with Gasteiger partial charge in [-0.2, -0.15) is 4.98 Å². The Labute approximate surface area is 87.6 Å². The van der Waals surface area contributed by atoms with Gasteiger partial charge in [0.1, 0.15) is 0 Å². The Kier molecular flexibility index (Phi) is 2.74. The molecule has 1 saturated carbocycles. The van der Waals surface area contributed by atoms with Gasteiger partial charge in [0.05, 0.1) is 17.9 Å². The molecule has 1 heterocycles. The van der Waals surface area contributed by atoms with Crippen molar-refractivity contribution < 1.29 is 9.26 Å². The molecule has 1 aromatic heterocycles. The summed E-state index contributed by atoms with van der Waals surface area (Å²) in [7, 11) is 1.73. The number of nitrogens with zero attached hydrogens (tertiary/aromatic N) is 2. The van der Waals surface area contributed by atoms with Crippen molar-refractivity contribution in [3.8, 4) is 0 Å². The third-order valence-corrected chi connectivity index (χ3v) is 3.04. The molecule has 0 atom stereocenters. The predicted molar refractivity (Wildman–Crippen MR) is 51.2 cm³/mol. The molecule has 1 aliphatic rings. The molecular formula is C9H13ClN2O2. The fourth-order valence-corrected chi connectivity index (χ4v) is 1.82. The van der Waals surface area contributed by atoms with Gasteiger partial charge in [0.15, 0.2) is 5.82 Å². The Morgan fingerprint density at radius 2 is 2.36 bits per heavy atom. The third-order valence-electron chi connectivity index (χ3n) is 2.80. The predicted octanol–water partition coefficient (Wildman–Crippen LogP) is 1.92. The van der Waals surface area contributed by atoms with Crippen LogP contribution in [-0.2, 0) is 17.0 Å². The zero-order valence-electron chi connectivity index (χ0n) is 8.12. The number of halogens is 1. The molecule has 0 radical (unpaired) electrons. The van der Waals surface area contributed by atoms with Crippen LogP contribution >= 0.6 is 11.6 Å². The van der Waals surface area contributed by atoms with Crippen LogP contribution in [0.15, 0.2) is 4.52 Å². The number of alkyl halides is 1. The van der Waals surface area contributed by atoms with Crippen LogP contribution in [-0.4, -0.2) is 22.9 Å². The van der Waals surface area contributed by atoms with Crippen molar-refractivity contribution in [2.24, 2.45) is 0 Å². The van der Waals surface area contributed by atoms with Crippen molar-refractivity contribution in [2.75, 3.05) is 7.11 Å². The first kappa shape index (κ1) is 9.93. The first-order valence-electron chi connectivity index (χ1n) is 4.70. The van der Waals surface area contributed by atoms with Gasteiger partial charge in [-0.25, -0.2) is 0 Å². The molecule has 0 unspecified atom stereocenters. The number of hydrogen-bond donors (Lipinski definition) is 0. The summed E-state index contributed by atoms with van der Waals surface area (Å²) < 4.78 is 10.5. The van der Waals surface area contributed by atoms with Crippen LogP contribution < -0.4 is 0 Å². The summed E-state index contributed by atoms with van der Waals surface area (Å²) >= 11 is 5.58. The molecule has 1 aromatic rings. The smallest absolute Gasteiger partial charge is 0.229 e. The zero-order valence-corrected chi connectivity index (χ0v) is 8.88. The highest BCUT2D eigenvalue weighted by molar-refractivity contribution is 6.16. The lowest BCUT2D eigenvalue weighted by molar-refractivity contribution is -0.0751. The number of rotatable bonds is 4. The summed E-state index contributed by atoms with van der Waals surface area (Å²) in [5.74, 6) is 1.47. The summed E-state index contributed by atoms with van der Waals surface area (Å²) in [5, 5.41) is 3.74. The van der Waals surface area contributed by atoms with E-state index in [0.717, 1.165) is 12.8 Å². The van der Waals surface area contributed by atoms with E-state index in [1.807, 2.05) is 0 Å². The van der Waals surface area contributed by atoms with Gasteiger partial charge in [0.2, 0.25) is 5.89 Å². The zero-order chi connectivity index (χ0) is 10.0. The SMILES string of the molecule is COC1(Cc2nc(CCl)no2)CCC1. The number of aromatic nitrogens is 2. The van der Waals surface area contributed by atoms with Crippen LogP contribution in [0.4, 0.5) is 0 Å². The fourth-order valence-electron chi connectivity index (χ4n) is 1.72. The van der Waals surface area contributed by atoms with Crippen molar-refractivity contribution in [2.45, 2.75) is 37.2 Å². The molecule has 5 heteroatoms. The van der Waals surface area contributed by atoms with Crippen LogP contribution in [0.1, 0.15) is 31.0 Å². The minimum Gasteiger partial charge on any atom is -0.378 e. The first-order valence-corrected chi connectivity index (χ1v) is 5.24. The maximum absolute atomic E-state index is 5.58. The minimum atomic E-state index is -0.0594. The summed E-state index contributed by atoms with van der Waals surface area (Å²) in [5.41, 5.74) is -0.0594. The Morgan fingerprint density at radius 3 is 2.79 bits per heavy atom. The molecule has 14 heavy (non-hydrogen) atoms. The Morgan fingerprint density at radius 1 is 1.57 bits per heavy atom. The highest BCUT2D eigenvalue weighted by atomic mass is 35.5. The topological polar surface area (TPSA) is 48.2 Å².